The minimum atomic E-state index is 0.00250. The van der Waals surface area contributed by atoms with Crippen molar-refractivity contribution in [2.45, 2.75) is 25.7 Å². The highest BCUT2D eigenvalue weighted by Gasteiger charge is 2.15. The van der Waals surface area contributed by atoms with Crippen LogP contribution in [0, 0.1) is 5.92 Å². The quantitative estimate of drug-likeness (QED) is 0.890. The summed E-state index contributed by atoms with van der Waals surface area (Å²) in [7, 11) is 0. The van der Waals surface area contributed by atoms with Gasteiger partial charge in [0.2, 0.25) is 5.91 Å². The lowest BCUT2D eigenvalue weighted by atomic mass is 9.93. The van der Waals surface area contributed by atoms with E-state index in [-0.39, 0.29) is 5.91 Å². The smallest absolute Gasteiger partial charge is 0.224 e. The molecule has 5 heteroatoms. The Morgan fingerprint density at radius 3 is 2.79 bits per heavy atom. The highest BCUT2D eigenvalue weighted by molar-refractivity contribution is 6.43. The lowest BCUT2D eigenvalue weighted by Crippen LogP contribution is -2.28. The van der Waals surface area contributed by atoms with Gasteiger partial charge in [0.25, 0.3) is 0 Å². The first kappa shape index (κ1) is 14.6. The van der Waals surface area contributed by atoms with Gasteiger partial charge in [-0.15, -0.1) is 0 Å². The number of benzene rings is 1. The van der Waals surface area contributed by atoms with Gasteiger partial charge >= 0.3 is 0 Å². The van der Waals surface area contributed by atoms with Gasteiger partial charge in [0, 0.05) is 6.42 Å². The summed E-state index contributed by atoms with van der Waals surface area (Å²) >= 11 is 11.9. The minimum Gasteiger partial charge on any atom is -0.325 e. The van der Waals surface area contributed by atoms with Gasteiger partial charge in [-0.25, -0.2) is 0 Å². The van der Waals surface area contributed by atoms with Gasteiger partial charge in [0.15, 0.2) is 0 Å². The fourth-order valence-corrected chi connectivity index (χ4v) is 2.67. The summed E-state index contributed by atoms with van der Waals surface area (Å²) in [5.74, 6) is 0.657. The standard InChI is InChI=1S/C14H18Cl2N2O/c15-11-2-1-3-12(14(11)16)18-13(19)5-4-10-6-8-17-9-7-10/h1-3,10,17H,4-9H2,(H,18,19). The highest BCUT2D eigenvalue weighted by atomic mass is 35.5. The van der Waals surface area contributed by atoms with Gasteiger partial charge in [-0.05, 0) is 50.4 Å². The van der Waals surface area contributed by atoms with Crippen LogP contribution in [-0.2, 0) is 4.79 Å². The molecular weight excluding hydrogens is 283 g/mol. The summed E-state index contributed by atoms with van der Waals surface area (Å²) in [5, 5.41) is 7.00. The molecule has 1 aliphatic heterocycles. The zero-order valence-corrected chi connectivity index (χ0v) is 12.2. The zero-order valence-electron chi connectivity index (χ0n) is 10.7. The van der Waals surface area contributed by atoms with E-state index in [9.17, 15) is 4.79 Å². The molecule has 0 aromatic heterocycles. The van der Waals surface area contributed by atoms with Crippen molar-refractivity contribution in [1.29, 1.82) is 0 Å². The van der Waals surface area contributed by atoms with Gasteiger partial charge in [0.1, 0.15) is 0 Å². The van der Waals surface area contributed by atoms with Gasteiger partial charge in [0.05, 0.1) is 15.7 Å². The summed E-state index contributed by atoms with van der Waals surface area (Å²) in [6, 6.07) is 5.24. The molecule has 0 atom stereocenters. The van der Waals surface area contributed by atoms with Crippen LogP contribution in [0.25, 0.3) is 0 Å². The van der Waals surface area contributed by atoms with E-state index in [4.69, 9.17) is 23.2 Å². The van der Waals surface area contributed by atoms with E-state index in [2.05, 4.69) is 10.6 Å². The molecular formula is C14H18Cl2N2O. The molecule has 104 valence electrons. The van der Waals surface area contributed by atoms with Crippen LogP contribution in [0.4, 0.5) is 5.69 Å². The van der Waals surface area contributed by atoms with Crippen molar-refractivity contribution in [2.24, 2.45) is 5.92 Å². The van der Waals surface area contributed by atoms with E-state index in [1.165, 1.54) is 0 Å². The molecule has 1 aliphatic rings. The van der Waals surface area contributed by atoms with Gasteiger partial charge in [-0.2, -0.15) is 0 Å². The maximum Gasteiger partial charge on any atom is 0.224 e. The molecule has 1 fully saturated rings. The molecule has 1 aromatic carbocycles. The molecule has 2 rings (SSSR count). The third kappa shape index (κ3) is 4.37. The third-order valence-electron chi connectivity index (χ3n) is 3.46. The molecule has 0 radical (unpaired) electrons. The second-order valence-corrected chi connectivity index (χ2v) is 5.67. The van der Waals surface area contributed by atoms with E-state index in [1.807, 2.05) is 0 Å². The second-order valence-electron chi connectivity index (χ2n) is 4.88. The Labute approximate surface area is 123 Å². The van der Waals surface area contributed by atoms with Crippen LogP contribution in [0.1, 0.15) is 25.7 Å². The van der Waals surface area contributed by atoms with Crippen LogP contribution >= 0.6 is 23.2 Å². The van der Waals surface area contributed by atoms with E-state index >= 15 is 0 Å². The Balaban J connectivity index is 1.82. The predicted molar refractivity (Wildman–Crippen MR) is 79.9 cm³/mol. The van der Waals surface area contributed by atoms with Crippen molar-refractivity contribution in [3.63, 3.8) is 0 Å². The number of anilines is 1. The molecule has 0 spiro atoms. The van der Waals surface area contributed by atoms with Crippen LogP contribution in [0.2, 0.25) is 10.0 Å². The summed E-state index contributed by atoms with van der Waals surface area (Å²) in [5.41, 5.74) is 0.587. The molecule has 1 amide bonds. The number of hydrogen-bond acceptors (Lipinski definition) is 2. The first-order valence-corrected chi connectivity index (χ1v) is 7.37. The Hall–Kier alpha value is -0.770. The molecule has 0 unspecified atom stereocenters. The predicted octanol–water partition coefficient (Wildman–Crippen LogP) is 3.71. The largest absolute Gasteiger partial charge is 0.325 e. The second kappa shape index (κ2) is 7.13. The van der Waals surface area contributed by atoms with Crippen LogP contribution in [0.5, 0.6) is 0 Å². The van der Waals surface area contributed by atoms with Gasteiger partial charge < -0.3 is 10.6 Å². The molecule has 2 N–H and O–H groups in total. The number of nitrogens with one attached hydrogen (secondary N) is 2. The van der Waals surface area contributed by atoms with Crippen molar-refractivity contribution >= 4 is 34.8 Å². The number of piperidine rings is 1. The zero-order chi connectivity index (χ0) is 13.7. The summed E-state index contributed by atoms with van der Waals surface area (Å²) in [6.45, 7) is 2.12. The molecule has 1 heterocycles. The lowest BCUT2D eigenvalue weighted by Gasteiger charge is -2.22. The number of carbonyl (C=O) groups excluding carboxylic acids is 1. The van der Waals surface area contributed by atoms with Crippen molar-refractivity contribution < 1.29 is 4.79 Å². The van der Waals surface area contributed by atoms with E-state index in [0.717, 1.165) is 32.4 Å². The fraction of sp³-hybridized carbons (Fsp3) is 0.500. The molecule has 0 saturated carbocycles. The van der Waals surface area contributed by atoms with Crippen molar-refractivity contribution in [1.82, 2.24) is 5.32 Å². The molecule has 19 heavy (non-hydrogen) atoms. The summed E-state index contributed by atoms with van der Waals surface area (Å²) in [6.07, 6.45) is 3.79. The van der Waals surface area contributed by atoms with Crippen LogP contribution < -0.4 is 10.6 Å². The van der Waals surface area contributed by atoms with Crippen molar-refractivity contribution in [2.75, 3.05) is 18.4 Å². The SMILES string of the molecule is O=C(CCC1CCNCC1)Nc1cccc(Cl)c1Cl. The van der Waals surface area contributed by atoms with Crippen molar-refractivity contribution in [3.05, 3.63) is 28.2 Å². The Morgan fingerprint density at radius 2 is 2.05 bits per heavy atom. The molecule has 1 saturated heterocycles. The van der Waals surface area contributed by atoms with Crippen LogP contribution in [0.15, 0.2) is 18.2 Å². The van der Waals surface area contributed by atoms with Crippen LogP contribution in [-0.4, -0.2) is 19.0 Å². The Bertz CT molecular complexity index is 445. The number of hydrogen-bond donors (Lipinski definition) is 2. The highest BCUT2D eigenvalue weighted by Crippen LogP contribution is 2.29. The maximum absolute atomic E-state index is 11.9. The van der Waals surface area contributed by atoms with E-state index < -0.39 is 0 Å². The number of halogens is 2. The minimum absolute atomic E-state index is 0.00250. The van der Waals surface area contributed by atoms with Gasteiger partial charge in [-0.1, -0.05) is 29.3 Å². The van der Waals surface area contributed by atoms with Gasteiger partial charge in [-0.3, -0.25) is 4.79 Å². The number of carbonyl (C=O) groups is 1. The average molecular weight is 301 g/mol. The monoisotopic (exact) mass is 300 g/mol. The van der Waals surface area contributed by atoms with Crippen molar-refractivity contribution in [3.8, 4) is 0 Å². The first-order valence-electron chi connectivity index (χ1n) is 6.61. The third-order valence-corrected chi connectivity index (χ3v) is 4.28. The Kier molecular flexibility index (Phi) is 5.49. The normalized spacial score (nSPS) is 16.3. The molecule has 1 aromatic rings. The molecule has 0 bridgehead atoms. The number of rotatable bonds is 4. The van der Waals surface area contributed by atoms with Crippen LogP contribution in [0.3, 0.4) is 0 Å². The lowest BCUT2D eigenvalue weighted by molar-refractivity contribution is -0.116. The first-order chi connectivity index (χ1) is 9.16. The van der Waals surface area contributed by atoms with E-state index in [0.29, 0.717) is 28.1 Å². The average Bonchev–Trinajstić information content (AvgIpc) is 2.43. The summed E-state index contributed by atoms with van der Waals surface area (Å²) < 4.78 is 0. The number of amides is 1. The molecule has 0 aliphatic carbocycles. The maximum atomic E-state index is 11.9. The van der Waals surface area contributed by atoms with E-state index in [1.54, 1.807) is 18.2 Å². The fourth-order valence-electron chi connectivity index (χ4n) is 2.32. The summed E-state index contributed by atoms with van der Waals surface area (Å²) in [4.78, 5) is 11.9. The topological polar surface area (TPSA) is 41.1 Å². The molecule has 3 nitrogen and oxygen atoms in total. The Morgan fingerprint density at radius 1 is 1.32 bits per heavy atom.